The molecule has 0 bridgehead atoms. The van der Waals surface area contributed by atoms with Crippen molar-refractivity contribution in [2.24, 2.45) is 5.41 Å². The third-order valence-corrected chi connectivity index (χ3v) is 6.66. The van der Waals surface area contributed by atoms with Gasteiger partial charge < -0.3 is 9.72 Å². The van der Waals surface area contributed by atoms with Crippen LogP contribution in [0.4, 0.5) is 0 Å². The Bertz CT molecular complexity index is 962. The first-order chi connectivity index (χ1) is 14.9. The molecule has 0 radical (unpaired) electrons. The molecular formula is C25H33Cl2N3O2. The minimum atomic E-state index is -0.0362. The van der Waals surface area contributed by atoms with Crippen molar-refractivity contribution in [2.45, 2.75) is 46.0 Å². The van der Waals surface area contributed by atoms with Gasteiger partial charge in [0.25, 0.3) is 0 Å². The number of rotatable bonds is 7. The lowest BCUT2D eigenvalue weighted by Gasteiger charge is -2.30. The Morgan fingerprint density at radius 3 is 2.72 bits per heavy atom. The molecule has 4 rings (SSSR count). The van der Waals surface area contributed by atoms with Gasteiger partial charge in [0.15, 0.2) is 5.82 Å². The summed E-state index contributed by atoms with van der Waals surface area (Å²) in [6.45, 7) is 9.35. The lowest BCUT2D eigenvalue weighted by Crippen LogP contribution is -2.37. The maximum atomic E-state index is 12.8. The van der Waals surface area contributed by atoms with Crippen molar-refractivity contribution in [3.63, 3.8) is 0 Å². The van der Waals surface area contributed by atoms with E-state index in [9.17, 15) is 4.79 Å². The number of ketones is 1. The number of nitrogens with zero attached hydrogens (tertiary/aromatic N) is 2. The molecule has 174 valence electrons. The first-order valence-corrected chi connectivity index (χ1v) is 11.6. The van der Waals surface area contributed by atoms with Crippen molar-refractivity contribution >= 4 is 35.4 Å². The zero-order chi connectivity index (χ0) is 21.8. The number of allylic oxidation sites excluding steroid dienone is 2. The third-order valence-electron chi connectivity index (χ3n) is 6.47. The van der Waals surface area contributed by atoms with E-state index < -0.39 is 0 Å². The SMILES string of the molecule is CC1(C)CC=C(c2cc(CCN3CCOCC3)ccc2CC(=O)c2ncc(Cl)[nH]2)CC1.Cl. The first kappa shape index (κ1) is 25.0. The highest BCUT2D eigenvalue weighted by atomic mass is 35.5. The van der Waals surface area contributed by atoms with E-state index in [1.165, 1.54) is 22.9 Å². The Kier molecular flexibility index (Phi) is 8.56. The van der Waals surface area contributed by atoms with Crippen LogP contribution in [0.5, 0.6) is 0 Å². The fraction of sp³-hybridized carbons (Fsp3) is 0.520. The number of imidazole rings is 1. The number of halogens is 2. The van der Waals surface area contributed by atoms with Gasteiger partial charge in [-0.25, -0.2) is 4.98 Å². The van der Waals surface area contributed by atoms with Gasteiger partial charge in [-0.05, 0) is 53.4 Å². The average Bonchev–Trinajstić information content (AvgIpc) is 3.20. The number of H-pyrrole nitrogens is 1. The molecule has 2 aromatic rings. The number of ether oxygens (including phenoxy) is 1. The van der Waals surface area contributed by atoms with Crippen LogP contribution in [0.1, 0.15) is 60.4 Å². The highest BCUT2D eigenvalue weighted by molar-refractivity contribution is 6.29. The Labute approximate surface area is 202 Å². The zero-order valence-electron chi connectivity index (χ0n) is 19.0. The Morgan fingerprint density at radius 2 is 2.06 bits per heavy atom. The lowest BCUT2D eigenvalue weighted by atomic mass is 9.76. The average molecular weight is 478 g/mol. The topological polar surface area (TPSA) is 58.2 Å². The second-order valence-electron chi connectivity index (χ2n) is 9.47. The van der Waals surface area contributed by atoms with Gasteiger partial charge in [-0.2, -0.15) is 0 Å². The molecule has 0 amide bonds. The van der Waals surface area contributed by atoms with Crippen molar-refractivity contribution in [3.8, 4) is 0 Å². The van der Waals surface area contributed by atoms with Crippen LogP contribution >= 0.6 is 24.0 Å². The number of morpholine rings is 1. The number of benzene rings is 1. The molecule has 1 saturated heterocycles. The smallest absolute Gasteiger partial charge is 0.202 e. The predicted octanol–water partition coefficient (Wildman–Crippen LogP) is 5.38. The van der Waals surface area contributed by atoms with Crippen LogP contribution in [0, 0.1) is 5.41 Å². The summed E-state index contributed by atoms with van der Waals surface area (Å²) in [7, 11) is 0. The van der Waals surface area contributed by atoms with E-state index in [-0.39, 0.29) is 18.2 Å². The van der Waals surface area contributed by atoms with Crippen LogP contribution in [0.25, 0.3) is 5.57 Å². The molecule has 0 spiro atoms. The van der Waals surface area contributed by atoms with Gasteiger partial charge in [0.2, 0.25) is 5.78 Å². The summed E-state index contributed by atoms with van der Waals surface area (Å²) in [5.41, 5.74) is 5.33. The molecule has 0 saturated carbocycles. The van der Waals surface area contributed by atoms with Crippen molar-refractivity contribution in [1.29, 1.82) is 0 Å². The maximum Gasteiger partial charge on any atom is 0.202 e. The van der Waals surface area contributed by atoms with Gasteiger partial charge in [-0.1, -0.05) is 49.7 Å². The van der Waals surface area contributed by atoms with Crippen LogP contribution in [-0.4, -0.2) is 53.5 Å². The molecule has 1 aliphatic heterocycles. The van der Waals surface area contributed by atoms with E-state index in [2.05, 4.69) is 53.0 Å². The molecule has 1 N–H and O–H groups in total. The fourth-order valence-corrected chi connectivity index (χ4v) is 4.50. The second-order valence-corrected chi connectivity index (χ2v) is 9.88. The van der Waals surface area contributed by atoms with E-state index >= 15 is 0 Å². The summed E-state index contributed by atoms with van der Waals surface area (Å²) in [5.74, 6) is 0.289. The van der Waals surface area contributed by atoms with Crippen LogP contribution < -0.4 is 0 Å². The predicted molar refractivity (Wildman–Crippen MR) is 132 cm³/mol. The minimum absolute atomic E-state index is 0. The highest BCUT2D eigenvalue weighted by Crippen LogP contribution is 2.39. The molecule has 1 aromatic heterocycles. The molecular weight excluding hydrogens is 445 g/mol. The third kappa shape index (κ3) is 6.44. The zero-order valence-corrected chi connectivity index (χ0v) is 20.5. The van der Waals surface area contributed by atoms with E-state index in [1.54, 1.807) is 0 Å². The summed E-state index contributed by atoms with van der Waals surface area (Å²) < 4.78 is 5.46. The monoisotopic (exact) mass is 477 g/mol. The van der Waals surface area contributed by atoms with Gasteiger partial charge in [-0.15, -0.1) is 12.4 Å². The number of Topliss-reactive ketones (excluding diaryl/α,β-unsaturated/α-hetero) is 1. The van der Waals surface area contributed by atoms with E-state index in [0.717, 1.165) is 64.1 Å². The number of hydrogen-bond donors (Lipinski definition) is 1. The molecule has 5 nitrogen and oxygen atoms in total. The van der Waals surface area contributed by atoms with Gasteiger partial charge >= 0.3 is 0 Å². The van der Waals surface area contributed by atoms with E-state index in [4.69, 9.17) is 16.3 Å². The molecule has 1 fully saturated rings. The number of hydrogen-bond acceptors (Lipinski definition) is 4. The molecule has 2 heterocycles. The van der Waals surface area contributed by atoms with Crippen LogP contribution in [0.15, 0.2) is 30.5 Å². The Hall–Kier alpha value is -1.66. The summed E-state index contributed by atoms with van der Waals surface area (Å²) in [5, 5.41) is 0.388. The summed E-state index contributed by atoms with van der Waals surface area (Å²) in [6.07, 6.45) is 8.48. The molecule has 1 aromatic carbocycles. The quantitative estimate of drug-likeness (QED) is 0.543. The van der Waals surface area contributed by atoms with Crippen molar-refractivity contribution in [1.82, 2.24) is 14.9 Å². The number of carbonyl (C=O) groups excluding carboxylic acids is 1. The molecule has 7 heteroatoms. The normalized spacial score (nSPS) is 18.7. The second kappa shape index (κ2) is 11.0. The first-order valence-electron chi connectivity index (χ1n) is 11.2. The van der Waals surface area contributed by atoms with Gasteiger partial charge in [-0.3, -0.25) is 9.69 Å². The number of aromatic nitrogens is 2. The van der Waals surface area contributed by atoms with E-state index in [1.807, 2.05) is 0 Å². The van der Waals surface area contributed by atoms with Crippen molar-refractivity contribution < 1.29 is 9.53 Å². The van der Waals surface area contributed by atoms with Gasteiger partial charge in [0.1, 0.15) is 5.15 Å². The van der Waals surface area contributed by atoms with Crippen LogP contribution in [0.2, 0.25) is 5.15 Å². The van der Waals surface area contributed by atoms with Crippen LogP contribution in [-0.2, 0) is 17.6 Å². The Morgan fingerprint density at radius 1 is 1.28 bits per heavy atom. The number of carbonyl (C=O) groups is 1. The van der Waals surface area contributed by atoms with E-state index in [0.29, 0.717) is 22.8 Å². The van der Waals surface area contributed by atoms with Crippen molar-refractivity contribution in [2.75, 3.05) is 32.8 Å². The summed E-state index contributed by atoms with van der Waals surface area (Å²) in [4.78, 5) is 22.2. The molecule has 0 atom stereocenters. The molecule has 2 aliphatic rings. The standard InChI is InChI=1S/C25H32ClN3O2.ClH/c1-25(2)8-5-19(6-9-25)21-15-18(7-10-29-11-13-31-14-12-29)3-4-20(21)16-22(30)24-27-17-23(26)28-24;/h3-5,15,17H,6-14,16H2,1-2H3,(H,27,28);1H. The summed E-state index contributed by atoms with van der Waals surface area (Å²) >= 11 is 5.92. The van der Waals surface area contributed by atoms with Crippen molar-refractivity contribution in [3.05, 3.63) is 58.1 Å². The number of nitrogens with one attached hydrogen (secondary N) is 1. The fourth-order valence-electron chi connectivity index (χ4n) is 4.36. The van der Waals surface area contributed by atoms with Gasteiger partial charge in [0.05, 0.1) is 19.4 Å². The molecule has 1 aliphatic carbocycles. The molecule has 0 unspecified atom stereocenters. The number of aromatic amines is 1. The maximum absolute atomic E-state index is 12.8. The minimum Gasteiger partial charge on any atom is -0.379 e. The van der Waals surface area contributed by atoms with Crippen LogP contribution in [0.3, 0.4) is 0 Å². The summed E-state index contributed by atoms with van der Waals surface area (Å²) in [6, 6.07) is 6.62. The highest BCUT2D eigenvalue weighted by Gasteiger charge is 2.24. The molecule has 32 heavy (non-hydrogen) atoms. The largest absolute Gasteiger partial charge is 0.379 e. The Balaban J connectivity index is 0.00000289. The van der Waals surface area contributed by atoms with Gasteiger partial charge in [0, 0.05) is 26.1 Å². The lowest BCUT2D eigenvalue weighted by molar-refractivity contribution is 0.0384.